The largest absolute Gasteiger partial charge is 0.357 e. The minimum Gasteiger partial charge on any atom is -0.357 e. The lowest BCUT2D eigenvalue weighted by atomic mass is 10.0. The molecule has 0 aliphatic carbocycles. The predicted octanol–water partition coefficient (Wildman–Crippen LogP) is 3.72. The fourth-order valence-electron chi connectivity index (χ4n) is 3.64. The molecule has 1 saturated heterocycles. The lowest BCUT2D eigenvalue weighted by molar-refractivity contribution is 0.0636. The molecule has 4 rings (SSSR count). The molecule has 0 bridgehead atoms. The van der Waals surface area contributed by atoms with Gasteiger partial charge in [0.05, 0.1) is 12.6 Å². The average molecular weight is 432 g/mol. The highest BCUT2D eigenvalue weighted by molar-refractivity contribution is 7.11. The SMILES string of the molecule is CN(C(=O)NCc1cc2cc(Cl)ccc2[nH]1)[C@@H]1CCCN(C(=O)c2nccs2)C1. The van der Waals surface area contributed by atoms with Gasteiger partial charge in [-0.2, -0.15) is 0 Å². The van der Waals surface area contributed by atoms with Crippen LogP contribution in [-0.4, -0.2) is 57.9 Å². The van der Waals surface area contributed by atoms with Crippen LogP contribution in [0.2, 0.25) is 5.02 Å². The zero-order valence-corrected chi connectivity index (χ0v) is 17.6. The summed E-state index contributed by atoms with van der Waals surface area (Å²) >= 11 is 7.37. The predicted molar refractivity (Wildman–Crippen MR) is 114 cm³/mol. The molecule has 0 radical (unpaired) electrons. The highest BCUT2D eigenvalue weighted by Gasteiger charge is 2.29. The number of benzene rings is 1. The van der Waals surface area contributed by atoms with Gasteiger partial charge in [0, 0.05) is 53.3 Å². The molecule has 0 spiro atoms. The van der Waals surface area contributed by atoms with Gasteiger partial charge in [0.15, 0.2) is 5.01 Å². The summed E-state index contributed by atoms with van der Waals surface area (Å²) in [6.07, 6.45) is 3.37. The van der Waals surface area contributed by atoms with E-state index in [0.717, 1.165) is 29.4 Å². The van der Waals surface area contributed by atoms with Gasteiger partial charge >= 0.3 is 6.03 Å². The number of halogens is 1. The third kappa shape index (κ3) is 4.38. The molecule has 0 unspecified atom stereocenters. The number of piperidine rings is 1. The number of aromatic nitrogens is 2. The Labute approximate surface area is 177 Å². The van der Waals surface area contributed by atoms with Gasteiger partial charge in [0.25, 0.3) is 5.91 Å². The average Bonchev–Trinajstić information content (AvgIpc) is 3.40. The topological polar surface area (TPSA) is 81.3 Å². The second kappa shape index (κ2) is 8.42. The summed E-state index contributed by atoms with van der Waals surface area (Å²) in [4.78, 5) is 36.1. The lowest BCUT2D eigenvalue weighted by Crippen LogP contribution is -2.52. The standard InChI is InChI=1S/C20H22ClN5O2S/c1-25(16-3-2-7-26(12-16)19(27)18-22-6-8-29-18)20(28)23-11-15-10-13-9-14(21)4-5-17(13)24-15/h4-6,8-10,16,24H,2-3,7,11-12H2,1H3,(H,23,28)/t16-/m1/s1. The van der Waals surface area contributed by atoms with E-state index in [1.807, 2.05) is 24.3 Å². The molecule has 3 amide bonds. The highest BCUT2D eigenvalue weighted by atomic mass is 35.5. The van der Waals surface area contributed by atoms with Gasteiger partial charge in [0.1, 0.15) is 0 Å². The number of fused-ring (bicyclic) bond motifs is 1. The van der Waals surface area contributed by atoms with Crippen molar-refractivity contribution in [1.82, 2.24) is 25.1 Å². The fraction of sp³-hybridized carbons (Fsp3) is 0.350. The van der Waals surface area contributed by atoms with E-state index in [4.69, 9.17) is 11.6 Å². The number of carbonyl (C=O) groups is 2. The number of hydrogen-bond acceptors (Lipinski definition) is 4. The molecule has 0 saturated carbocycles. The molecule has 9 heteroatoms. The Morgan fingerprint density at radius 3 is 3.07 bits per heavy atom. The van der Waals surface area contributed by atoms with Crippen LogP contribution < -0.4 is 5.32 Å². The van der Waals surface area contributed by atoms with Crippen molar-refractivity contribution in [2.75, 3.05) is 20.1 Å². The fourth-order valence-corrected chi connectivity index (χ4v) is 4.42. The molecular formula is C20H22ClN5O2S. The van der Waals surface area contributed by atoms with Crippen molar-refractivity contribution < 1.29 is 9.59 Å². The second-order valence-electron chi connectivity index (χ2n) is 7.18. The number of nitrogens with zero attached hydrogens (tertiary/aromatic N) is 3. The van der Waals surface area contributed by atoms with E-state index in [-0.39, 0.29) is 18.0 Å². The zero-order valence-electron chi connectivity index (χ0n) is 16.0. The van der Waals surface area contributed by atoms with Crippen LogP contribution in [0.4, 0.5) is 4.79 Å². The Morgan fingerprint density at radius 2 is 2.28 bits per heavy atom. The van der Waals surface area contributed by atoms with Crippen molar-refractivity contribution in [2.24, 2.45) is 0 Å². The Kier molecular flexibility index (Phi) is 5.73. The van der Waals surface area contributed by atoms with Gasteiger partial charge in [-0.05, 0) is 37.1 Å². The van der Waals surface area contributed by atoms with Gasteiger partial charge in [-0.15, -0.1) is 11.3 Å². The van der Waals surface area contributed by atoms with E-state index in [2.05, 4.69) is 15.3 Å². The molecular weight excluding hydrogens is 410 g/mol. The maximum absolute atomic E-state index is 12.7. The van der Waals surface area contributed by atoms with Gasteiger partial charge in [-0.3, -0.25) is 4.79 Å². The molecule has 7 nitrogen and oxygen atoms in total. The van der Waals surface area contributed by atoms with Crippen LogP contribution in [0.3, 0.4) is 0 Å². The molecule has 2 N–H and O–H groups in total. The molecule has 1 aromatic carbocycles. The first kappa shape index (κ1) is 19.7. The van der Waals surface area contributed by atoms with Crippen molar-refractivity contribution in [1.29, 1.82) is 0 Å². The molecule has 152 valence electrons. The van der Waals surface area contributed by atoms with Crippen LogP contribution in [0.5, 0.6) is 0 Å². The lowest BCUT2D eigenvalue weighted by Gasteiger charge is -2.37. The van der Waals surface area contributed by atoms with Crippen molar-refractivity contribution >= 4 is 45.8 Å². The summed E-state index contributed by atoms with van der Waals surface area (Å²) in [6.45, 7) is 1.61. The quantitative estimate of drug-likeness (QED) is 0.660. The third-order valence-corrected chi connectivity index (χ3v) is 6.23. The van der Waals surface area contributed by atoms with Crippen LogP contribution in [0, 0.1) is 0 Å². The second-order valence-corrected chi connectivity index (χ2v) is 8.51. The number of nitrogens with one attached hydrogen (secondary N) is 2. The number of aromatic amines is 1. The minimum absolute atomic E-state index is 0.0193. The summed E-state index contributed by atoms with van der Waals surface area (Å²) in [5.74, 6) is -0.0600. The minimum atomic E-state index is -0.157. The van der Waals surface area contributed by atoms with E-state index in [9.17, 15) is 9.59 Å². The smallest absolute Gasteiger partial charge is 0.317 e. The van der Waals surface area contributed by atoms with E-state index < -0.39 is 0 Å². The Hall–Kier alpha value is -2.58. The summed E-state index contributed by atoms with van der Waals surface area (Å²) < 4.78 is 0. The molecule has 2 aromatic heterocycles. The van der Waals surface area contributed by atoms with Gasteiger partial charge in [0.2, 0.25) is 0 Å². The van der Waals surface area contributed by atoms with Crippen molar-refractivity contribution in [3.63, 3.8) is 0 Å². The summed E-state index contributed by atoms with van der Waals surface area (Å²) in [7, 11) is 1.78. The zero-order chi connectivity index (χ0) is 20.4. The van der Waals surface area contributed by atoms with E-state index >= 15 is 0 Å². The molecule has 3 heterocycles. The van der Waals surface area contributed by atoms with Gasteiger partial charge in [-0.25, -0.2) is 9.78 Å². The van der Waals surface area contributed by atoms with Crippen molar-refractivity contribution in [3.05, 3.63) is 51.6 Å². The number of hydrogen-bond donors (Lipinski definition) is 2. The van der Waals surface area contributed by atoms with Crippen LogP contribution in [-0.2, 0) is 6.54 Å². The van der Waals surface area contributed by atoms with E-state index in [1.165, 1.54) is 11.3 Å². The maximum atomic E-state index is 12.7. The summed E-state index contributed by atoms with van der Waals surface area (Å²) in [5.41, 5.74) is 1.89. The summed E-state index contributed by atoms with van der Waals surface area (Å²) in [6, 6.07) is 7.45. The number of rotatable bonds is 4. The first-order valence-corrected chi connectivity index (χ1v) is 10.7. The molecule has 1 aliphatic heterocycles. The summed E-state index contributed by atoms with van der Waals surface area (Å²) in [5, 5.41) is 6.94. The van der Waals surface area contributed by atoms with Crippen LogP contribution in [0.15, 0.2) is 35.8 Å². The molecule has 3 aromatic rings. The van der Waals surface area contributed by atoms with Crippen LogP contribution >= 0.6 is 22.9 Å². The number of carbonyl (C=O) groups excluding carboxylic acids is 2. The number of likely N-dealkylation sites (tertiary alicyclic amines) is 1. The van der Waals surface area contributed by atoms with Gasteiger partial charge < -0.3 is 20.1 Å². The first-order valence-electron chi connectivity index (χ1n) is 9.48. The molecule has 29 heavy (non-hydrogen) atoms. The molecule has 1 fully saturated rings. The number of thiazole rings is 1. The number of H-pyrrole nitrogens is 1. The van der Waals surface area contributed by atoms with E-state index in [1.54, 1.807) is 28.4 Å². The van der Waals surface area contributed by atoms with Crippen molar-refractivity contribution in [3.8, 4) is 0 Å². The maximum Gasteiger partial charge on any atom is 0.317 e. The number of likely N-dealkylation sites (N-methyl/N-ethyl adjacent to an activating group) is 1. The molecule has 1 atom stereocenters. The number of urea groups is 1. The first-order chi connectivity index (χ1) is 14.0. The van der Waals surface area contributed by atoms with Crippen LogP contribution in [0.1, 0.15) is 28.3 Å². The third-order valence-electron chi connectivity index (χ3n) is 5.24. The Balaban J connectivity index is 1.34. The number of amides is 3. The van der Waals surface area contributed by atoms with Gasteiger partial charge in [-0.1, -0.05) is 11.6 Å². The van der Waals surface area contributed by atoms with Crippen LogP contribution in [0.25, 0.3) is 10.9 Å². The monoisotopic (exact) mass is 431 g/mol. The highest BCUT2D eigenvalue weighted by Crippen LogP contribution is 2.21. The van der Waals surface area contributed by atoms with E-state index in [0.29, 0.717) is 29.7 Å². The van der Waals surface area contributed by atoms with Crippen molar-refractivity contribution in [2.45, 2.75) is 25.4 Å². The normalized spacial score (nSPS) is 16.8. The Morgan fingerprint density at radius 1 is 1.41 bits per heavy atom. The Bertz CT molecular complexity index is 1020. The molecule has 1 aliphatic rings.